The normalized spacial score (nSPS) is 9.93. The highest BCUT2D eigenvalue weighted by Crippen LogP contribution is 2.13. The number of nitrogens with two attached hydrogens (primary N) is 1. The number of carbonyl (C=O) groups excluding carboxylic acids is 2. The van der Waals surface area contributed by atoms with Crippen molar-refractivity contribution in [2.24, 2.45) is 5.73 Å². The minimum atomic E-state index is -0.439. The minimum absolute atomic E-state index is 0.153. The fourth-order valence-corrected chi connectivity index (χ4v) is 1.81. The average Bonchev–Trinajstić information content (AvgIpc) is 2.66. The average molecular weight is 228 g/mol. The summed E-state index contributed by atoms with van der Waals surface area (Å²) >= 11 is 1.42. The standard InChI is InChI=1S/C9H12N2O3S/c1-14-8(12)4-11-3-7-2-6(5-15-7)9(10)13/h2,5,11H,3-4H2,1H3,(H2,10,13). The Bertz CT molecular complexity index is 362. The summed E-state index contributed by atoms with van der Waals surface area (Å²) in [4.78, 5) is 22.5. The van der Waals surface area contributed by atoms with E-state index in [0.29, 0.717) is 12.1 Å². The van der Waals surface area contributed by atoms with Crippen LogP contribution in [0.2, 0.25) is 0 Å². The van der Waals surface area contributed by atoms with Crippen LogP contribution in [0.1, 0.15) is 15.2 Å². The van der Waals surface area contributed by atoms with E-state index in [1.165, 1.54) is 18.4 Å². The van der Waals surface area contributed by atoms with E-state index in [-0.39, 0.29) is 12.5 Å². The molecule has 0 unspecified atom stereocenters. The van der Waals surface area contributed by atoms with Crippen molar-refractivity contribution in [3.63, 3.8) is 0 Å². The first-order valence-electron chi connectivity index (χ1n) is 4.28. The van der Waals surface area contributed by atoms with E-state index in [1.54, 1.807) is 11.4 Å². The van der Waals surface area contributed by atoms with E-state index >= 15 is 0 Å². The molecule has 1 amide bonds. The van der Waals surface area contributed by atoms with Gasteiger partial charge < -0.3 is 15.8 Å². The molecule has 0 aromatic carbocycles. The topological polar surface area (TPSA) is 81.4 Å². The molecule has 1 heterocycles. The summed E-state index contributed by atoms with van der Waals surface area (Å²) < 4.78 is 4.46. The molecule has 82 valence electrons. The second kappa shape index (κ2) is 5.47. The van der Waals surface area contributed by atoms with Crippen LogP contribution < -0.4 is 11.1 Å². The van der Waals surface area contributed by atoms with Gasteiger partial charge in [-0.2, -0.15) is 0 Å². The van der Waals surface area contributed by atoms with Crippen LogP contribution in [0.3, 0.4) is 0 Å². The summed E-state index contributed by atoms with van der Waals surface area (Å²) in [5, 5.41) is 4.58. The molecule has 1 aromatic heterocycles. The molecule has 5 nitrogen and oxygen atoms in total. The van der Waals surface area contributed by atoms with Gasteiger partial charge in [-0.15, -0.1) is 11.3 Å². The fraction of sp³-hybridized carbons (Fsp3) is 0.333. The number of nitrogens with one attached hydrogen (secondary N) is 1. The summed E-state index contributed by atoms with van der Waals surface area (Å²) in [6.07, 6.45) is 0. The number of primary amides is 1. The van der Waals surface area contributed by atoms with Crippen molar-refractivity contribution >= 4 is 23.2 Å². The van der Waals surface area contributed by atoms with Crippen LogP contribution in [0.25, 0.3) is 0 Å². The van der Waals surface area contributed by atoms with Gasteiger partial charge in [-0.25, -0.2) is 0 Å². The van der Waals surface area contributed by atoms with Crippen LogP contribution in [-0.2, 0) is 16.1 Å². The number of amides is 1. The summed E-state index contributed by atoms with van der Waals surface area (Å²) in [6.45, 7) is 0.674. The molecule has 1 rings (SSSR count). The molecular formula is C9H12N2O3S. The number of thiophene rings is 1. The largest absolute Gasteiger partial charge is 0.468 e. The number of ether oxygens (including phenoxy) is 1. The molecule has 6 heteroatoms. The third-order valence-electron chi connectivity index (χ3n) is 1.73. The number of esters is 1. The number of hydrogen-bond donors (Lipinski definition) is 2. The highest BCUT2D eigenvalue weighted by atomic mass is 32.1. The number of hydrogen-bond acceptors (Lipinski definition) is 5. The molecule has 0 aliphatic heterocycles. The monoisotopic (exact) mass is 228 g/mol. The SMILES string of the molecule is COC(=O)CNCc1cc(C(N)=O)cs1. The van der Waals surface area contributed by atoms with Crippen LogP contribution >= 0.6 is 11.3 Å². The van der Waals surface area contributed by atoms with Crippen LogP contribution in [0.5, 0.6) is 0 Å². The lowest BCUT2D eigenvalue weighted by Gasteiger charge is -2.00. The molecule has 3 N–H and O–H groups in total. The van der Waals surface area contributed by atoms with Gasteiger partial charge in [-0.05, 0) is 6.07 Å². The van der Waals surface area contributed by atoms with Gasteiger partial charge in [-0.1, -0.05) is 0 Å². The number of rotatable bonds is 5. The molecule has 0 fully saturated rings. The first-order chi connectivity index (χ1) is 7.13. The van der Waals surface area contributed by atoms with Gasteiger partial charge in [0.1, 0.15) is 0 Å². The van der Waals surface area contributed by atoms with E-state index < -0.39 is 5.91 Å². The smallest absolute Gasteiger partial charge is 0.319 e. The third kappa shape index (κ3) is 3.69. The second-order valence-electron chi connectivity index (χ2n) is 2.85. The zero-order valence-electron chi connectivity index (χ0n) is 8.28. The molecule has 0 aliphatic carbocycles. The van der Waals surface area contributed by atoms with E-state index in [4.69, 9.17) is 5.73 Å². The van der Waals surface area contributed by atoms with E-state index in [9.17, 15) is 9.59 Å². The third-order valence-corrected chi connectivity index (χ3v) is 2.67. The van der Waals surface area contributed by atoms with Crippen molar-refractivity contribution < 1.29 is 14.3 Å². The van der Waals surface area contributed by atoms with Crippen LogP contribution in [0.4, 0.5) is 0 Å². The number of carbonyl (C=O) groups is 2. The molecule has 0 spiro atoms. The van der Waals surface area contributed by atoms with Crippen molar-refractivity contribution in [1.82, 2.24) is 5.32 Å². The maximum atomic E-state index is 10.8. The molecular weight excluding hydrogens is 216 g/mol. The van der Waals surface area contributed by atoms with E-state index in [0.717, 1.165) is 4.88 Å². The molecule has 0 radical (unpaired) electrons. The summed E-state index contributed by atoms with van der Waals surface area (Å²) in [6, 6.07) is 1.71. The summed E-state index contributed by atoms with van der Waals surface area (Å²) in [7, 11) is 1.33. The van der Waals surface area contributed by atoms with Crippen molar-refractivity contribution in [2.45, 2.75) is 6.54 Å². The van der Waals surface area contributed by atoms with Crippen molar-refractivity contribution in [3.05, 3.63) is 21.9 Å². The fourth-order valence-electron chi connectivity index (χ4n) is 0.962. The predicted molar refractivity (Wildman–Crippen MR) is 56.6 cm³/mol. The highest BCUT2D eigenvalue weighted by Gasteiger charge is 2.05. The van der Waals surface area contributed by atoms with Gasteiger partial charge in [0.25, 0.3) is 0 Å². The van der Waals surface area contributed by atoms with Gasteiger partial charge in [0.05, 0.1) is 19.2 Å². The van der Waals surface area contributed by atoms with Gasteiger partial charge in [0.2, 0.25) is 5.91 Å². The zero-order valence-corrected chi connectivity index (χ0v) is 9.10. The molecule has 0 aliphatic rings. The summed E-state index contributed by atoms with van der Waals surface area (Å²) in [5.41, 5.74) is 5.59. The lowest BCUT2D eigenvalue weighted by molar-refractivity contribution is -0.139. The number of methoxy groups -OCH3 is 1. The lowest BCUT2D eigenvalue weighted by atomic mass is 10.3. The van der Waals surface area contributed by atoms with Gasteiger partial charge >= 0.3 is 5.97 Å². The first-order valence-corrected chi connectivity index (χ1v) is 5.16. The predicted octanol–water partition coefficient (Wildman–Crippen LogP) is 0.110. The Labute approximate surface area is 91.2 Å². The first kappa shape index (κ1) is 11.7. The minimum Gasteiger partial charge on any atom is -0.468 e. The molecule has 15 heavy (non-hydrogen) atoms. The quantitative estimate of drug-likeness (QED) is 0.701. The molecule has 0 bridgehead atoms. The van der Waals surface area contributed by atoms with Gasteiger partial charge in [0, 0.05) is 16.8 Å². The summed E-state index contributed by atoms with van der Waals surface area (Å²) in [5.74, 6) is -0.757. The van der Waals surface area contributed by atoms with Crippen LogP contribution in [0, 0.1) is 0 Å². The van der Waals surface area contributed by atoms with Crippen molar-refractivity contribution in [3.8, 4) is 0 Å². The molecule has 1 aromatic rings. The van der Waals surface area contributed by atoms with Crippen LogP contribution in [-0.4, -0.2) is 25.5 Å². The molecule has 0 atom stereocenters. The van der Waals surface area contributed by atoms with E-state index in [2.05, 4.69) is 10.1 Å². The Balaban J connectivity index is 2.38. The van der Waals surface area contributed by atoms with Gasteiger partial charge in [0.15, 0.2) is 0 Å². The zero-order chi connectivity index (χ0) is 11.3. The Morgan fingerprint density at radius 2 is 2.33 bits per heavy atom. The van der Waals surface area contributed by atoms with Crippen molar-refractivity contribution in [2.75, 3.05) is 13.7 Å². The van der Waals surface area contributed by atoms with E-state index in [1.807, 2.05) is 0 Å². The second-order valence-corrected chi connectivity index (χ2v) is 3.84. The Kier molecular flexibility index (Phi) is 4.26. The Morgan fingerprint density at radius 3 is 2.87 bits per heavy atom. The highest BCUT2D eigenvalue weighted by molar-refractivity contribution is 7.10. The maximum absolute atomic E-state index is 10.8. The molecule has 0 saturated heterocycles. The molecule has 0 saturated carbocycles. The Morgan fingerprint density at radius 1 is 1.60 bits per heavy atom. The van der Waals surface area contributed by atoms with Gasteiger partial charge in [-0.3, -0.25) is 9.59 Å². The van der Waals surface area contributed by atoms with Crippen LogP contribution in [0.15, 0.2) is 11.4 Å². The maximum Gasteiger partial charge on any atom is 0.319 e. The van der Waals surface area contributed by atoms with Crippen molar-refractivity contribution in [1.29, 1.82) is 0 Å². The Hall–Kier alpha value is -1.40. The lowest BCUT2D eigenvalue weighted by Crippen LogP contribution is -2.22.